The van der Waals surface area contributed by atoms with Gasteiger partial charge < -0.3 is 14.2 Å². The molecule has 0 aliphatic carbocycles. The van der Waals surface area contributed by atoms with Gasteiger partial charge in [-0.05, 0) is 30.3 Å². The van der Waals surface area contributed by atoms with E-state index in [9.17, 15) is 9.59 Å². The quantitative estimate of drug-likeness (QED) is 0.577. The second kappa shape index (κ2) is 7.17. The molecule has 2 amide bonds. The summed E-state index contributed by atoms with van der Waals surface area (Å²) >= 11 is 0.958. The summed E-state index contributed by atoms with van der Waals surface area (Å²) in [5.74, 6) is 1.53. The lowest BCUT2D eigenvalue weighted by Gasteiger charge is -2.11. The van der Waals surface area contributed by atoms with Crippen LogP contribution < -0.4 is 14.2 Å². The Kier molecular flexibility index (Phi) is 4.99. The summed E-state index contributed by atoms with van der Waals surface area (Å²) in [6.07, 6.45) is 4.54. The van der Waals surface area contributed by atoms with Crippen LogP contribution in [0.1, 0.15) is 31.7 Å². The molecule has 1 saturated heterocycles. The molecular weight excluding hydrogens is 330 g/mol. The second-order valence-electron chi connectivity index (χ2n) is 5.49. The molecule has 0 bridgehead atoms. The van der Waals surface area contributed by atoms with Crippen molar-refractivity contribution in [3.05, 3.63) is 22.6 Å². The first kappa shape index (κ1) is 16.7. The van der Waals surface area contributed by atoms with Gasteiger partial charge in [0.2, 0.25) is 6.79 Å². The van der Waals surface area contributed by atoms with Gasteiger partial charge in [-0.1, -0.05) is 19.8 Å². The summed E-state index contributed by atoms with van der Waals surface area (Å²) in [5.41, 5.74) is 0.681. The highest BCUT2D eigenvalue weighted by Gasteiger charge is 2.34. The Morgan fingerprint density at radius 3 is 2.71 bits per heavy atom. The van der Waals surface area contributed by atoms with Crippen LogP contribution in [0.25, 0.3) is 6.08 Å². The number of fused-ring (bicyclic) bond motifs is 1. The fourth-order valence-corrected chi connectivity index (χ4v) is 3.44. The lowest BCUT2D eigenvalue weighted by atomic mass is 10.1. The van der Waals surface area contributed by atoms with E-state index in [1.807, 2.05) is 0 Å². The molecule has 6 nitrogen and oxygen atoms in total. The van der Waals surface area contributed by atoms with Crippen molar-refractivity contribution in [2.24, 2.45) is 0 Å². The van der Waals surface area contributed by atoms with Crippen LogP contribution in [-0.2, 0) is 4.79 Å². The molecule has 7 heteroatoms. The number of imide groups is 1. The minimum atomic E-state index is -0.249. The van der Waals surface area contributed by atoms with Gasteiger partial charge in [0.15, 0.2) is 11.5 Å². The van der Waals surface area contributed by atoms with E-state index in [2.05, 4.69) is 6.92 Å². The highest BCUT2D eigenvalue weighted by Crippen LogP contribution is 2.40. The maximum absolute atomic E-state index is 12.5. The number of hydrogen-bond donors (Lipinski definition) is 0. The number of carbonyl (C=O) groups excluding carboxylic acids is 2. The Morgan fingerprint density at radius 2 is 2.00 bits per heavy atom. The number of thioether (sulfide) groups is 1. The first-order valence-electron chi connectivity index (χ1n) is 7.87. The van der Waals surface area contributed by atoms with Gasteiger partial charge in [0.1, 0.15) is 5.75 Å². The molecule has 0 unspecified atom stereocenters. The third kappa shape index (κ3) is 3.21. The average Bonchev–Trinajstić information content (AvgIpc) is 3.13. The van der Waals surface area contributed by atoms with Crippen LogP contribution in [0.5, 0.6) is 17.2 Å². The van der Waals surface area contributed by atoms with Gasteiger partial charge in [0.25, 0.3) is 11.1 Å². The number of carbonyl (C=O) groups is 2. The number of benzene rings is 1. The van der Waals surface area contributed by atoms with E-state index in [1.165, 1.54) is 4.90 Å². The predicted octanol–water partition coefficient (Wildman–Crippen LogP) is 3.65. The van der Waals surface area contributed by atoms with Gasteiger partial charge in [-0.15, -0.1) is 0 Å². The van der Waals surface area contributed by atoms with Gasteiger partial charge in [0.05, 0.1) is 12.0 Å². The van der Waals surface area contributed by atoms with Crippen molar-refractivity contribution < 1.29 is 23.8 Å². The van der Waals surface area contributed by atoms with Gasteiger partial charge in [0, 0.05) is 18.2 Å². The Labute approximate surface area is 144 Å². The summed E-state index contributed by atoms with van der Waals surface area (Å²) < 4.78 is 16.0. The molecule has 1 fully saturated rings. The van der Waals surface area contributed by atoms with E-state index in [4.69, 9.17) is 14.2 Å². The number of amides is 2. The van der Waals surface area contributed by atoms with Crippen molar-refractivity contribution in [3.63, 3.8) is 0 Å². The summed E-state index contributed by atoms with van der Waals surface area (Å²) in [6, 6.07) is 3.48. The molecule has 0 atom stereocenters. The van der Waals surface area contributed by atoms with E-state index < -0.39 is 0 Å². The van der Waals surface area contributed by atoms with Gasteiger partial charge >= 0.3 is 0 Å². The zero-order valence-corrected chi connectivity index (χ0v) is 14.5. The molecule has 0 aromatic heterocycles. The molecule has 3 rings (SSSR count). The Morgan fingerprint density at radius 1 is 1.25 bits per heavy atom. The Hall–Kier alpha value is -2.15. The van der Waals surface area contributed by atoms with Crippen molar-refractivity contribution in [2.75, 3.05) is 20.4 Å². The van der Waals surface area contributed by atoms with Crippen LogP contribution in [0, 0.1) is 0 Å². The molecule has 0 N–H and O–H groups in total. The van der Waals surface area contributed by atoms with E-state index in [0.29, 0.717) is 34.3 Å². The lowest BCUT2D eigenvalue weighted by Crippen LogP contribution is -2.29. The molecule has 1 aromatic carbocycles. The number of methoxy groups -OCH3 is 1. The molecule has 1 aromatic rings. The Bertz CT molecular complexity index is 700. The molecule has 2 aliphatic heterocycles. The summed E-state index contributed by atoms with van der Waals surface area (Å²) in [4.78, 5) is 26.2. The third-order valence-corrected chi connectivity index (χ3v) is 4.78. The zero-order chi connectivity index (χ0) is 17.1. The summed E-state index contributed by atoms with van der Waals surface area (Å²) in [7, 11) is 1.55. The molecular formula is C17H19NO5S. The maximum Gasteiger partial charge on any atom is 0.293 e. The molecule has 0 saturated carbocycles. The molecule has 24 heavy (non-hydrogen) atoms. The van der Waals surface area contributed by atoms with Crippen molar-refractivity contribution in [3.8, 4) is 17.2 Å². The van der Waals surface area contributed by atoms with Crippen molar-refractivity contribution >= 4 is 29.0 Å². The third-order valence-electron chi connectivity index (χ3n) is 3.87. The number of rotatable bonds is 6. The van der Waals surface area contributed by atoms with Crippen LogP contribution in [0.15, 0.2) is 17.0 Å². The summed E-state index contributed by atoms with van der Waals surface area (Å²) in [5, 5.41) is -0.220. The van der Waals surface area contributed by atoms with Gasteiger partial charge in [-0.3, -0.25) is 14.5 Å². The van der Waals surface area contributed by atoms with Crippen LogP contribution >= 0.6 is 11.8 Å². The predicted molar refractivity (Wildman–Crippen MR) is 91.3 cm³/mol. The first-order valence-corrected chi connectivity index (χ1v) is 8.68. The zero-order valence-electron chi connectivity index (χ0n) is 13.7. The molecule has 0 radical (unpaired) electrons. The van der Waals surface area contributed by atoms with E-state index in [1.54, 1.807) is 25.3 Å². The minimum Gasteiger partial charge on any atom is -0.496 e. The normalized spacial score (nSPS) is 17.9. The molecule has 128 valence electrons. The number of nitrogens with zero attached hydrogens (tertiary/aromatic N) is 1. The molecule has 2 aliphatic rings. The van der Waals surface area contributed by atoms with E-state index >= 15 is 0 Å². The Balaban J connectivity index is 1.84. The smallest absolute Gasteiger partial charge is 0.293 e. The number of unbranched alkanes of at least 4 members (excludes halogenated alkanes) is 2. The van der Waals surface area contributed by atoms with Gasteiger partial charge in [-0.2, -0.15) is 0 Å². The second-order valence-corrected chi connectivity index (χ2v) is 6.48. The van der Waals surface area contributed by atoms with Crippen molar-refractivity contribution in [1.82, 2.24) is 4.90 Å². The first-order chi connectivity index (χ1) is 11.6. The average molecular weight is 349 g/mol. The van der Waals surface area contributed by atoms with Crippen molar-refractivity contribution in [1.29, 1.82) is 0 Å². The van der Waals surface area contributed by atoms with Crippen LogP contribution in [0.2, 0.25) is 0 Å². The van der Waals surface area contributed by atoms with Crippen molar-refractivity contribution in [2.45, 2.75) is 26.2 Å². The highest BCUT2D eigenvalue weighted by molar-refractivity contribution is 8.18. The molecule has 2 heterocycles. The van der Waals surface area contributed by atoms with Crippen LogP contribution in [-0.4, -0.2) is 36.5 Å². The van der Waals surface area contributed by atoms with Gasteiger partial charge in [-0.25, -0.2) is 0 Å². The monoisotopic (exact) mass is 349 g/mol. The maximum atomic E-state index is 12.5. The number of ether oxygens (including phenoxy) is 3. The van der Waals surface area contributed by atoms with Crippen LogP contribution in [0.3, 0.4) is 0 Å². The molecule has 0 spiro atoms. The SMILES string of the molecule is CCCCCN1C(=O)S/C(=C\c2cc3c(cc2OC)OCO3)C1=O. The standard InChI is InChI=1S/C17H19NO5S/c1-3-4-5-6-18-16(19)15(24-17(18)20)8-11-7-13-14(23-10-22-13)9-12(11)21-2/h7-9H,3-6,10H2,1-2H3/b15-8-. The van der Waals surface area contributed by atoms with E-state index in [0.717, 1.165) is 31.0 Å². The lowest BCUT2D eigenvalue weighted by molar-refractivity contribution is -0.122. The summed E-state index contributed by atoms with van der Waals surface area (Å²) in [6.45, 7) is 2.71. The van der Waals surface area contributed by atoms with Crippen LogP contribution in [0.4, 0.5) is 4.79 Å². The fourth-order valence-electron chi connectivity index (χ4n) is 2.58. The van der Waals surface area contributed by atoms with E-state index in [-0.39, 0.29) is 17.9 Å². The minimum absolute atomic E-state index is 0.163. The largest absolute Gasteiger partial charge is 0.496 e. The topological polar surface area (TPSA) is 65.1 Å². The highest BCUT2D eigenvalue weighted by atomic mass is 32.2. The number of hydrogen-bond acceptors (Lipinski definition) is 6. The fraction of sp³-hybridized carbons (Fsp3) is 0.412.